The molecule has 0 saturated heterocycles. The van der Waals surface area contributed by atoms with Gasteiger partial charge in [0.1, 0.15) is 0 Å². The molecule has 2 heteroatoms. The van der Waals surface area contributed by atoms with Crippen molar-refractivity contribution in [1.82, 2.24) is 5.32 Å². The maximum atomic E-state index is 8.97. The van der Waals surface area contributed by atoms with Crippen LogP contribution in [0.25, 0.3) is 0 Å². The predicted molar refractivity (Wildman–Crippen MR) is 60.2 cm³/mol. The molecule has 0 spiro atoms. The Bertz CT molecular complexity index is 175. The van der Waals surface area contributed by atoms with Crippen molar-refractivity contribution in [3.8, 4) is 0 Å². The minimum absolute atomic E-state index is 0.291. The number of aliphatic hydroxyl groups excluding tert-OH is 1. The molecule has 0 saturated carbocycles. The van der Waals surface area contributed by atoms with Crippen LogP contribution in [-0.2, 0) is 0 Å². The molecule has 0 heterocycles. The average Bonchev–Trinajstić information content (AvgIpc) is 2.67. The van der Waals surface area contributed by atoms with Gasteiger partial charge in [0.2, 0.25) is 0 Å². The normalized spacial score (nSPS) is 26.3. The van der Waals surface area contributed by atoms with Crippen LogP contribution >= 0.6 is 0 Å². The van der Waals surface area contributed by atoms with Crippen molar-refractivity contribution in [3.63, 3.8) is 0 Å². The molecule has 1 aliphatic rings. The Kier molecular flexibility index (Phi) is 5.20. The molecule has 0 fully saturated rings. The first-order valence-corrected chi connectivity index (χ1v) is 5.82. The van der Waals surface area contributed by atoms with E-state index >= 15 is 0 Å². The zero-order chi connectivity index (χ0) is 10.4. The number of aliphatic hydroxyl groups is 1. The summed E-state index contributed by atoms with van der Waals surface area (Å²) in [6.07, 6.45) is 7.90. The topological polar surface area (TPSA) is 32.3 Å². The van der Waals surface area contributed by atoms with E-state index in [1.54, 1.807) is 0 Å². The Labute approximate surface area is 87.4 Å². The molecule has 2 N–H and O–H groups in total. The van der Waals surface area contributed by atoms with E-state index in [-0.39, 0.29) is 0 Å². The van der Waals surface area contributed by atoms with Crippen LogP contribution < -0.4 is 5.32 Å². The molecule has 82 valence electrons. The van der Waals surface area contributed by atoms with Crippen LogP contribution in [0, 0.1) is 11.8 Å². The molecule has 2 atom stereocenters. The summed E-state index contributed by atoms with van der Waals surface area (Å²) in [5.74, 6) is 1.19. The quantitative estimate of drug-likeness (QED) is 0.638. The van der Waals surface area contributed by atoms with Gasteiger partial charge in [0, 0.05) is 18.6 Å². The average molecular weight is 197 g/mol. The van der Waals surface area contributed by atoms with Crippen molar-refractivity contribution in [1.29, 1.82) is 0 Å². The van der Waals surface area contributed by atoms with E-state index in [0.29, 0.717) is 18.6 Å². The van der Waals surface area contributed by atoms with Gasteiger partial charge in [-0.05, 0) is 18.9 Å². The molecular weight excluding hydrogens is 174 g/mol. The van der Waals surface area contributed by atoms with Gasteiger partial charge in [0.25, 0.3) is 0 Å². The van der Waals surface area contributed by atoms with Crippen LogP contribution in [-0.4, -0.2) is 24.3 Å². The lowest BCUT2D eigenvalue weighted by molar-refractivity contribution is 0.245. The van der Waals surface area contributed by atoms with E-state index in [9.17, 15) is 0 Å². The van der Waals surface area contributed by atoms with E-state index < -0.39 is 0 Å². The molecule has 0 aromatic heterocycles. The van der Waals surface area contributed by atoms with Crippen molar-refractivity contribution < 1.29 is 5.11 Å². The summed E-state index contributed by atoms with van der Waals surface area (Å²) >= 11 is 0. The first kappa shape index (κ1) is 11.7. The summed E-state index contributed by atoms with van der Waals surface area (Å²) in [4.78, 5) is 0. The van der Waals surface area contributed by atoms with Gasteiger partial charge in [-0.3, -0.25) is 0 Å². The Balaban J connectivity index is 2.17. The molecular formula is C12H23NO. The van der Waals surface area contributed by atoms with E-state index in [2.05, 4.69) is 31.3 Å². The molecule has 0 bridgehead atoms. The Morgan fingerprint density at radius 2 is 2.07 bits per heavy atom. The lowest BCUT2D eigenvalue weighted by atomic mass is 10.0. The maximum Gasteiger partial charge on any atom is 0.0494 e. The van der Waals surface area contributed by atoms with Crippen LogP contribution in [0.2, 0.25) is 0 Å². The fraction of sp³-hybridized carbons (Fsp3) is 0.833. The highest BCUT2D eigenvalue weighted by Gasteiger charge is 2.17. The number of hydrogen-bond donors (Lipinski definition) is 2. The predicted octanol–water partition coefficient (Wildman–Crippen LogP) is 1.95. The van der Waals surface area contributed by atoms with Crippen LogP contribution in [0.1, 0.15) is 33.1 Å². The van der Waals surface area contributed by atoms with E-state index in [1.807, 2.05) is 0 Å². The van der Waals surface area contributed by atoms with Crippen LogP contribution in [0.4, 0.5) is 0 Å². The van der Waals surface area contributed by atoms with Gasteiger partial charge >= 0.3 is 0 Å². The van der Waals surface area contributed by atoms with Gasteiger partial charge < -0.3 is 10.4 Å². The standard InChI is InChI=1S/C12H23NO/c1-3-10(4-2)8-13-12-6-5-11(7-12)9-14/h5-6,10-14H,3-4,7-9H2,1-2H3/t11-,12+/m0/s1. The zero-order valence-corrected chi connectivity index (χ0v) is 9.37. The number of hydrogen-bond acceptors (Lipinski definition) is 2. The molecule has 0 aliphatic heterocycles. The summed E-state index contributed by atoms with van der Waals surface area (Å²) in [6.45, 7) is 5.90. The van der Waals surface area contributed by atoms with E-state index in [1.165, 1.54) is 12.8 Å². The lowest BCUT2D eigenvalue weighted by Crippen LogP contribution is -2.31. The summed E-state index contributed by atoms with van der Waals surface area (Å²) in [6, 6.07) is 0.493. The van der Waals surface area contributed by atoms with E-state index in [4.69, 9.17) is 5.11 Å². The molecule has 2 nitrogen and oxygen atoms in total. The molecule has 0 aromatic carbocycles. The zero-order valence-electron chi connectivity index (χ0n) is 9.37. The largest absolute Gasteiger partial charge is 0.396 e. The monoisotopic (exact) mass is 197 g/mol. The number of rotatable bonds is 6. The third-order valence-corrected chi connectivity index (χ3v) is 3.23. The van der Waals surface area contributed by atoms with Crippen molar-refractivity contribution in [2.24, 2.45) is 11.8 Å². The van der Waals surface area contributed by atoms with Crippen LogP contribution in [0.15, 0.2) is 12.2 Å². The van der Waals surface area contributed by atoms with Crippen molar-refractivity contribution in [3.05, 3.63) is 12.2 Å². The van der Waals surface area contributed by atoms with E-state index in [0.717, 1.165) is 18.9 Å². The van der Waals surface area contributed by atoms with Crippen LogP contribution in [0.5, 0.6) is 0 Å². The molecule has 0 amide bonds. The van der Waals surface area contributed by atoms with Crippen molar-refractivity contribution in [2.45, 2.75) is 39.2 Å². The Morgan fingerprint density at radius 3 is 2.57 bits per heavy atom. The lowest BCUT2D eigenvalue weighted by Gasteiger charge is -2.17. The smallest absolute Gasteiger partial charge is 0.0494 e. The molecule has 0 radical (unpaired) electrons. The Morgan fingerprint density at radius 1 is 1.36 bits per heavy atom. The molecule has 1 rings (SSSR count). The van der Waals surface area contributed by atoms with Crippen molar-refractivity contribution in [2.75, 3.05) is 13.2 Å². The molecule has 0 unspecified atom stereocenters. The van der Waals surface area contributed by atoms with Crippen molar-refractivity contribution >= 4 is 0 Å². The summed E-state index contributed by atoms with van der Waals surface area (Å²) in [7, 11) is 0. The van der Waals surface area contributed by atoms with Gasteiger partial charge in [-0.2, -0.15) is 0 Å². The highest BCUT2D eigenvalue weighted by molar-refractivity contribution is 5.05. The van der Waals surface area contributed by atoms with Crippen LogP contribution in [0.3, 0.4) is 0 Å². The van der Waals surface area contributed by atoms with Gasteiger partial charge in [-0.1, -0.05) is 38.8 Å². The van der Waals surface area contributed by atoms with Gasteiger partial charge in [-0.15, -0.1) is 0 Å². The fourth-order valence-electron chi connectivity index (χ4n) is 1.96. The minimum atomic E-state index is 0.291. The summed E-state index contributed by atoms with van der Waals surface area (Å²) < 4.78 is 0. The third kappa shape index (κ3) is 3.43. The second-order valence-electron chi connectivity index (χ2n) is 4.26. The second kappa shape index (κ2) is 6.20. The van der Waals surface area contributed by atoms with Gasteiger partial charge in [-0.25, -0.2) is 0 Å². The second-order valence-corrected chi connectivity index (χ2v) is 4.26. The highest BCUT2D eigenvalue weighted by Crippen LogP contribution is 2.17. The third-order valence-electron chi connectivity index (χ3n) is 3.23. The summed E-state index contributed by atoms with van der Waals surface area (Å²) in [5, 5.41) is 12.5. The SMILES string of the molecule is CCC(CC)CN[C@@H]1C=C[C@H](CO)C1. The molecule has 14 heavy (non-hydrogen) atoms. The Hall–Kier alpha value is -0.340. The summed E-state index contributed by atoms with van der Waals surface area (Å²) in [5.41, 5.74) is 0. The maximum absolute atomic E-state index is 8.97. The van der Waals surface area contributed by atoms with Gasteiger partial charge in [0.15, 0.2) is 0 Å². The highest BCUT2D eigenvalue weighted by atomic mass is 16.3. The first-order valence-electron chi connectivity index (χ1n) is 5.82. The number of nitrogens with one attached hydrogen (secondary N) is 1. The molecule has 1 aliphatic carbocycles. The molecule has 0 aromatic rings. The van der Waals surface area contributed by atoms with Gasteiger partial charge in [0.05, 0.1) is 0 Å². The first-order chi connectivity index (χ1) is 6.80. The fourth-order valence-corrected chi connectivity index (χ4v) is 1.96. The minimum Gasteiger partial charge on any atom is -0.396 e.